The van der Waals surface area contributed by atoms with Crippen molar-refractivity contribution in [1.82, 2.24) is 0 Å². The molecule has 2 aromatic carbocycles. The second-order valence-electron chi connectivity index (χ2n) is 5.79. The first-order chi connectivity index (χ1) is 12.1. The first kappa shape index (κ1) is 17.2. The summed E-state index contributed by atoms with van der Waals surface area (Å²) in [6.07, 6.45) is 4.73. The van der Waals surface area contributed by atoms with Crippen molar-refractivity contribution in [2.45, 2.75) is 26.2 Å². The molecule has 0 amide bonds. The molecule has 1 aliphatic carbocycles. The Labute approximate surface area is 151 Å². The molecule has 0 spiro atoms. The van der Waals surface area contributed by atoms with Crippen LogP contribution in [0.1, 0.15) is 35.6 Å². The molecule has 0 atom stereocenters. The molecule has 0 saturated heterocycles. The second-order valence-corrected chi connectivity index (χ2v) is 5.98. The third kappa shape index (κ3) is 3.91. The van der Waals surface area contributed by atoms with Gasteiger partial charge in [0.2, 0.25) is 0 Å². The van der Waals surface area contributed by atoms with Crippen LogP contribution in [-0.2, 0) is 12.8 Å². The lowest BCUT2D eigenvalue weighted by Gasteiger charge is -2.14. The largest absolute Gasteiger partial charge is 0.206 e. The van der Waals surface area contributed by atoms with Gasteiger partial charge in [0.05, 0.1) is 10.7 Å². The highest BCUT2D eigenvalue weighted by atomic mass is 32.1. The van der Waals surface area contributed by atoms with E-state index in [4.69, 9.17) is 0 Å². The van der Waals surface area contributed by atoms with Gasteiger partial charge in [0.15, 0.2) is 5.82 Å². The van der Waals surface area contributed by atoms with Crippen molar-refractivity contribution in [3.8, 4) is 11.8 Å². The van der Waals surface area contributed by atoms with Crippen molar-refractivity contribution in [3.63, 3.8) is 0 Å². The number of nitrogens with zero attached hydrogens (tertiary/aromatic N) is 1. The number of fused-ring (bicyclic) bond motifs is 1. The maximum absolute atomic E-state index is 14.0. The molecular formula is C21H15F2NS. The molecule has 0 unspecified atom stereocenters. The van der Waals surface area contributed by atoms with E-state index in [1.54, 1.807) is 0 Å². The van der Waals surface area contributed by atoms with Gasteiger partial charge in [-0.15, -0.1) is 0 Å². The van der Waals surface area contributed by atoms with Crippen LogP contribution < -0.4 is 0 Å². The fraction of sp³-hybridized carbons (Fsp3) is 0.190. The fourth-order valence-electron chi connectivity index (χ4n) is 2.78. The van der Waals surface area contributed by atoms with Crippen molar-refractivity contribution in [3.05, 3.63) is 69.8 Å². The van der Waals surface area contributed by atoms with Crippen molar-refractivity contribution in [2.24, 2.45) is 4.99 Å². The second kappa shape index (κ2) is 7.53. The summed E-state index contributed by atoms with van der Waals surface area (Å²) in [7, 11) is 0. The van der Waals surface area contributed by atoms with E-state index in [9.17, 15) is 8.78 Å². The molecule has 0 N–H and O–H groups in total. The predicted octanol–water partition coefficient (Wildman–Crippen LogP) is 5.64. The Bertz CT molecular complexity index is 973. The lowest BCUT2D eigenvalue weighted by molar-refractivity contribution is 0.599. The van der Waals surface area contributed by atoms with E-state index in [2.05, 4.69) is 54.2 Å². The highest BCUT2D eigenvalue weighted by Crippen LogP contribution is 2.25. The van der Waals surface area contributed by atoms with Crippen LogP contribution in [0.4, 0.5) is 14.5 Å². The van der Waals surface area contributed by atoms with E-state index in [0.717, 1.165) is 42.5 Å². The van der Waals surface area contributed by atoms with Gasteiger partial charge < -0.3 is 0 Å². The maximum atomic E-state index is 14.0. The summed E-state index contributed by atoms with van der Waals surface area (Å²) >= 11 is 4.41. The van der Waals surface area contributed by atoms with Crippen molar-refractivity contribution >= 4 is 29.1 Å². The van der Waals surface area contributed by atoms with Gasteiger partial charge in [-0.25, -0.2) is 8.78 Å². The molecule has 0 radical (unpaired) electrons. The van der Waals surface area contributed by atoms with Crippen molar-refractivity contribution in [2.75, 3.05) is 0 Å². The summed E-state index contributed by atoms with van der Waals surface area (Å²) in [4.78, 5) is 3.49. The molecule has 0 aliphatic heterocycles. The van der Waals surface area contributed by atoms with Gasteiger partial charge in [-0.2, -0.15) is 4.99 Å². The van der Waals surface area contributed by atoms with E-state index in [-0.39, 0.29) is 11.3 Å². The molecule has 124 valence electrons. The minimum atomic E-state index is -0.668. The number of hydrogen-bond donors (Lipinski definition) is 0. The van der Waals surface area contributed by atoms with E-state index in [0.29, 0.717) is 0 Å². The molecule has 25 heavy (non-hydrogen) atoms. The summed E-state index contributed by atoms with van der Waals surface area (Å²) in [5.41, 5.74) is 4.52. The summed E-state index contributed by atoms with van der Waals surface area (Å²) in [5, 5.41) is 2.03. The molecule has 0 aromatic heterocycles. The molecule has 1 nitrogen and oxygen atoms in total. The SMILES string of the molecule is CCc1ccc2c(c1)CCC(C#Cc1cc(F)c(N=C=S)cc1F)=C2. The zero-order chi connectivity index (χ0) is 17.8. The normalized spacial score (nSPS) is 12.4. The summed E-state index contributed by atoms with van der Waals surface area (Å²) in [5.74, 6) is 4.40. The molecule has 1 aliphatic rings. The van der Waals surface area contributed by atoms with Crippen LogP contribution in [0.2, 0.25) is 0 Å². The Kier molecular flexibility index (Phi) is 5.19. The van der Waals surface area contributed by atoms with Crippen LogP contribution in [0.3, 0.4) is 0 Å². The van der Waals surface area contributed by atoms with Crippen LogP contribution in [0.5, 0.6) is 0 Å². The zero-order valence-corrected chi connectivity index (χ0v) is 14.5. The number of allylic oxidation sites excluding steroid dienone is 1. The van der Waals surface area contributed by atoms with Gasteiger partial charge in [-0.3, -0.25) is 0 Å². The van der Waals surface area contributed by atoms with Crippen LogP contribution in [0.25, 0.3) is 6.08 Å². The fourth-order valence-corrected chi connectivity index (χ4v) is 2.88. The first-order valence-corrected chi connectivity index (χ1v) is 8.43. The standard InChI is InChI=1S/C21H15F2NS/c1-2-14-3-6-17-10-15(4-7-16(17)9-14)5-8-18-11-20(23)21(24-13-25)12-19(18)22/h3,6,9-12H,2,4,7H2,1H3. The highest BCUT2D eigenvalue weighted by Gasteiger charge is 2.11. The number of benzene rings is 2. The third-order valence-corrected chi connectivity index (χ3v) is 4.26. The molecule has 0 saturated carbocycles. The lowest BCUT2D eigenvalue weighted by Crippen LogP contribution is -1.99. The molecule has 0 fully saturated rings. The average molecular weight is 351 g/mol. The number of thiocarbonyl (C=S) groups is 1. The molecule has 2 aromatic rings. The minimum absolute atomic E-state index is 0.00819. The smallest absolute Gasteiger partial charge is 0.151 e. The number of hydrogen-bond acceptors (Lipinski definition) is 2. The van der Waals surface area contributed by atoms with Gasteiger partial charge in [0.1, 0.15) is 11.5 Å². The summed E-state index contributed by atoms with van der Waals surface area (Å²) in [6, 6.07) is 8.44. The van der Waals surface area contributed by atoms with Gasteiger partial charge in [-0.1, -0.05) is 37.0 Å². The third-order valence-electron chi connectivity index (χ3n) is 4.17. The number of aliphatic imine (C=N–C) groups is 1. The number of halogens is 2. The van der Waals surface area contributed by atoms with Gasteiger partial charge in [0, 0.05) is 11.6 Å². The zero-order valence-electron chi connectivity index (χ0n) is 13.7. The van der Waals surface area contributed by atoms with Crippen LogP contribution in [0.15, 0.2) is 40.9 Å². The van der Waals surface area contributed by atoms with Crippen LogP contribution >= 0.6 is 12.2 Å². The lowest BCUT2D eigenvalue weighted by atomic mass is 9.90. The monoisotopic (exact) mass is 351 g/mol. The van der Waals surface area contributed by atoms with Crippen LogP contribution in [-0.4, -0.2) is 5.16 Å². The van der Waals surface area contributed by atoms with Gasteiger partial charge in [0.25, 0.3) is 0 Å². The van der Waals surface area contributed by atoms with E-state index >= 15 is 0 Å². The highest BCUT2D eigenvalue weighted by molar-refractivity contribution is 7.78. The Morgan fingerprint density at radius 3 is 2.68 bits per heavy atom. The van der Waals surface area contributed by atoms with Gasteiger partial charge in [-0.05, 0) is 60.3 Å². The molecule has 0 heterocycles. The quantitative estimate of drug-likeness (QED) is 0.387. The summed E-state index contributed by atoms with van der Waals surface area (Å²) < 4.78 is 27.8. The van der Waals surface area contributed by atoms with E-state index in [1.165, 1.54) is 11.1 Å². The number of isothiocyanates is 1. The Morgan fingerprint density at radius 1 is 1.08 bits per heavy atom. The molecule has 0 bridgehead atoms. The molecule has 4 heteroatoms. The first-order valence-electron chi connectivity index (χ1n) is 8.02. The molecule has 3 rings (SSSR count). The summed E-state index contributed by atoms with van der Waals surface area (Å²) in [6.45, 7) is 2.13. The Morgan fingerprint density at radius 2 is 1.92 bits per heavy atom. The number of rotatable bonds is 2. The van der Waals surface area contributed by atoms with Crippen molar-refractivity contribution in [1.29, 1.82) is 0 Å². The molecular weight excluding hydrogens is 336 g/mol. The average Bonchev–Trinajstić information content (AvgIpc) is 2.63. The predicted molar refractivity (Wildman–Crippen MR) is 100 cm³/mol. The Balaban J connectivity index is 1.90. The topological polar surface area (TPSA) is 12.4 Å². The van der Waals surface area contributed by atoms with Crippen molar-refractivity contribution < 1.29 is 8.78 Å². The van der Waals surface area contributed by atoms with E-state index in [1.807, 2.05) is 11.2 Å². The van der Waals surface area contributed by atoms with Gasteiger partial charge >= 0.3 is 0 Å². The van der Waals surface area contributed by atoms with E-state index < -0.39 is 11.6 Å². The van der Waals surface area contributed by atoms with Crippen LogP contribution in [0, 0.1) is 23.5 Å². The Hall–Kier alpha value is -2.60. The minimum Gasteiger partial charge on any atom is -0.206 e. The maximum Gasteiger partial charge on any atom is 0.151 e. The number of aryl methyl sites for hydroxylation is 2.